The predicted octanol–water partition coefficient (Wildman–Crippen LogP) is 5.61. The molecule has 8 atom stereocenters. The number of carbonyl (C=O) groups is 1. The maximum atomic E-state index is 12.5. The van der Waals surface area contributed by atoms with Crippen molar-refractivity contribution in [3.63, 3.8) is 0 Å². The third-order valence-electron chi connectivity index (χ3n) is 8.76. The van der Waals surface area contributed by atoms with Crippen LogP contribution in [0.5, 0.6) is 0 Å². The molecular weight excluding hydrogens is 376 g/mol. The van der Waals surface area contributed by atoms with Crippen LogP contribution in [0.2, 0.25) is 0 Å². The van der Waals surface area contributed by atoms with Gasteiger partial charge < -0.3 is 5.11 Å². The van der Waals surface area contributed by atoms with Crippen LogP contribution in [0.4, 0.5) is 0 Å². The summed E-state index contributed by atoms with van der Waals surface area (Å²) in [7, 11) is 0. The smallest absolute Gasteiger partial charge is 0.147 e. The molecule has 0 aliphatic heterocycles. The fourth-order valence-electron chi connectivity index (χ4n) is 7.70. The second-order valence-electron chi connectivity index (χ2n) is 9.95. The van der Waals surface area contributed by atoms with Gasteiger partial charge >= 0.3 is 0 Å². The van der Waals surface area contributed by atoms with Gasteiger partial charge in [-0.2, -0.15) is 0 Å². The molecule has 0 unspecified atom stereocenters. The lowest BCUT2D eigenvalue weighted by Crippen LogP contribution is -2.51. The highest BCUT2D eigenvalue weighted by Crippen LogP contribution is 2.64. The average Bonchev–Trinajstić information content (AvgIpc) is 2.90. The molecule has 4 aliphatic carbocycles. The lowest BCUT2D eigenvalue weighted by atomic mass is 9.49. The molecule has 144 valence electrons. The van der Waals surface area contributed by atoms with Crippen molar-refractivity contribution in [2.45, 2.75) is 84.7 Å². The molecule has 0 amide bonds. The van der Waals surface area contributed by atoms with Gasteiger partial charge in [0.1, 0.15) is 5.78 Å². The summed E-state index contributed by atoms with van der Waals surface area (Å²) in [5, 5.41) is 11.0. The third kappa shape index (κ3) is 3.16. The van der Waals surface area contributed by atoms with E-state index in [-0.39, 0.29) is 12.8 Å². The number of halogens is 1. The van der Waals surface area contributed by atoms with Crippen LogP contribution in [0, 0.1) is 40.9 Å². The number of fused-ring (bicyclic) bond motifs is 5. The maximum Gasteiger partial charge on any atom is 0.147 e. The number of alkyl halides is 1. The summed E-state index contributed by atoms with van der Waals surface area (Å²) >= 11 is 3.42. The summed E-state index contributed by atoms with van der Waals surface area (Å²) in [6.07, 6.45) is 10.9. The predicted molar refractivity (Wildman–Crippen MR) is 107 cm³/mol. The summed E-state index contributed by atoms with van der Waals surface area (Å²) in [5.74, 6) is 4.83. The Morgan fingerprint density at radius 3 is 2.44 bits per heavy atom. The van der Waals surface area contributed by atoms with Crippen molar-refractivity contribution < 1.29 is 9.90 Å². The Balaban J connectivity index is 0.00000182. The first-order valence-electron chi connectivity index (χ1n) is 10.2. The summed E-state index contributed by atoms with van der Waals surface area (Å²) in [4.78, 5) is 12.5. The van der Waals surface area contributed by atoms with Gasteiger partial charge in [0.15, 0.2) is 0 Å². The van der Waals surface area contributed by atoms with Crippen LogP contribution < -0.4 is 0 Å². The quantitative estimate of drug-likeness (QED) is 0.598. The maximum absolute atomic E-state index is 12.5. The van der Waals surface area contributed by atoms with E-state index in [0.29, 0.717) is 17.0 Å². The van der Waals surface area contributed by atoms with Crippen LogP contribution in [0.3, 0.4) is 0 Å². The zero-order valence-electron chi connectivity index (χ0n) is 15.3. The van der Waals surface area contributed by atoms with Crippen molar-refractivity contribution in [3.05, 3.63) is 0 Å². The molecule has 4 rings (SSSR count). The van der Waals surface area contributed by atoms with Crippen LogP contribution in [-0.2, 0) is 4.79 Å². The first kappa shape index (κ1) is 19.9. The molecule has 4 aliphatic rings. The van der Waals surface area contributed by atoms with Crippen LogP contribution in [-0.4, -0.2) is 21.8 Å². The van der Waals surface area contributed by atoms with Crippen LogP contribution >= 0.6 is 15.9 Å². The second-order valence-corrected chi connectivity index (χ2v) is 10.5. The third-order valence-corrected chi connectivity index (χ3v) is 9.31. The van der Waals surface area contributed by atoms with E-state index in [4.69, 9.17) is 0 Å². The van der Waals surface area contributed by atoms with E-state index in [1.165, 1.54) is 38.5 Å². The van der Waals surface area contributed by atoms with Crippen molar-refractivity contribution in [2.24, 2.45) is 40.9 Å². The van der Waals surface area contributed by atoms with Gasteiger partial charge in [0, 0.05) is 5.92 Å². The second kappa shape index (κ2) is 6.93. The van der Waals surface area contributed by atoms with Crippen LogP contribution in [0.1, 0.15) is 79.1 Å². The molecule has 2 nitrogen and oxygen atoms in total. The molecular formula is C22H37BrO2. The molecule has 0 aromatic rings. The van der Waals surface area contributed by atoms with Gasteiger partial charge in [0.2, 0.25) is 0 Å². The Morgan fingerprint density at radius 2 is 1.72 bits per heavy atom. The van der Waals surface area contributed by atoms with E-state index in [1.807, 2.05) is 6.92 Å². The Hall–Kier alpha value is 0.110. The molecule has 1 N–H and O–H groups in total. The van der Waals surface area contributed by atoms with E-state index in [0.717, 1.165) is 48.9 Å². The van der Waals surface area contributed by atoms with Gasteiger partial charge in [-0.05, 0) is 99.7 Å². The molecule has 3 heteroatoms. The lowest BCUT2D eigenvalue weighted by molar-refractivity contribution is -0.129. The lowest BCUT2D eigenvalue weighted by Gasteiger charge is -2.56. The van der Waals surface area contributed by atoms with Gasteiger partial charge in [-0.15, -0.1) is 0 Å². The fraction of sp³-hybridized carbons (Fsp3) is 0.955. The van der Waals surface area contributed by atoms with E-state index in [2.05, 4.69) is 22.9 Å². The van der Waals surface area contributed by atoms with Crippen molar-refractivity contribution in [1.82, 2.24) is 0 Å². The van der Waals surface area contributed by atoms with E-state index >= 15 is 0 Å². The number of hydrogen-bond donors (Lipinski definition) is 1. The average molecular weight is 413 g/mol. The SMILES string of the molecule is C.C[C@@]1(O)CC[C@H]2[C@H](CC[C@@H]3[C@@H]2CC[C@]2(C)[C@@H](C(=O)CBr)CC[C@@H]32)C1. The number of rotatable bonds is 2. The Labute approximate surface area is 162 Å². The van der Waals surface area contributed by atoms with Crippen molar-refractivity contribution in [2.75, 3.05) is 5.33 Å². The minimum Gasteiger partial charge on any atom is -0.390 e. The highest BCUT2D eigenvalue weighted by Gasteiger charge is 2.58. The van der Waals surface area contributed by atoms with Crippen LogP contribution in [0.25, 0.3) is 0 Å². The molecule has 4 fully saturated rings. The largest absolute Gasteiger partial charge is 0.390 e. The molecule has 25 heavy (non-hydrogen) atoms. The molecule has 0 bridgehead atoms. The fourth-order valence-corrected chi connectivity index (χ4v) is 8.09. The van der Waals surface area contributed by atoms with Gasteiger partial charge in [0.05, 0.1) is 10.9 Å². The molecule has 0 heterocycles. The molecule has 0 aromatic carbocycles. The number of hydrogen-bond acceptors (Lipinski definition) is 2. The minimum absolute atomic E-state index is 0. The molecule has 4 saturated carbocycles. The summed E-state index contributed by atoms with van der Waals surface area (Å²) in [6.45, 7) is 4.48. The standard InChI is InChI=1S/C21H33BrO2.CH4/c1-20(24)9-7-14-13(11-20)3-4-16-15(14)8-10-21(2)17(16)5-6-18(21)19(23)12-22;/h13-18,24H,3-12H2,1-2H3;1H4/t13-,14+,15-,16-,17+,18-,20-,21+;/m1./s1. The molecule has 0 aromatic heterocycles. The number of carbonyl (C=O) groups excluding carboxylic acids is 1. The van der Waals surface area contributed by atoms with Gasteiger partial charge in [-0.25, -0.2) is 0 Å². The Bertz CT molecular complexity index is 516. The topological polar surface area (TPSA) is 37.3 Å². The van der Waals surface area contributed by atoms with E-state index in [9.17, 15) is 9.90 Å². The highest BCUT2D eigenvalue weighted by molar-refractivity contribution is 9.09. The van der Waals surface area contributed by atoms with Gasteiger partial charge in [-0.3, -0.25) is 4.79 Å². The number of aliphatic hydroxyl groups is 1. The Morgan fingerprint density at radius 1 is 1.00 bits per heavy atom. The summed E-state index contributed by atoms with van der Waals surface area (Å²) in [6, 6.07) is 0. The van der Waals surface area contributed by atoms with Crippen molar-refractivity contribution >= 4 is 21.7 Å². The molecule has 0 radical (unpaired) electrons. The first-order valence-corrected chi connectivity index (χ1v) is 11.3. The van der Waals surface area contributed by atoms with Gasteiger partial charge in [0.25, 0.3) is 0 Å². The summed E-state index contributed by atoms with van der Waals surface area (Å²) < 4.78 is 0. The monoisotopic (exact) mass is 412 g/mol. The highest BCUT2D eigenvalue weighted by atomic mass is 79.9. The van der Waals surface area contributed by atoms with Crippen molar-refractivity contribution in [1.29, 1.82) is 0 Å². The summed E-state index contributed by atoms with van der Waals surface area (Å²) in [5.41, 5.74) is -0.156. The first-order chi connectivity index (χ1) is 11.4. The van der Waals surface area contributed by atoms with E-state index in [1.54, 1.807) is 0 Å². The Kier molecular flexibility index (Phi) is 5.50. The molecule has 0 spiro atoms. The number of ketones is 1. The van der Waals surface area contributed by atoms with Gasteiger partial charge in [-0.1, -0.05) is 30.3 Å². The minimum atomic E-state index is -0.419. The van der Waals surface area contributed by atoms with Crippen molar-refractivity contribution in [3.8, 4) is 0 Å². The normalized spacial score (nSPS) is 51.7. The molecule has 0 saturated heterocycles. The zero-order valence-corrected chi connectivity index (χ0v) is 16.9. The number of Topliss-reactive ketones (excluding diaryl/α,β-unsaturated/α-hetero) is 1. The zero-order chi connectivity index (χ0) is 17.1. The van der Waals surface area contributed by atoms with E-state index < -0.39 is 5.60 Å². The van der Waals surface area contributed by atoms with Crippen LogP contribution in [0.15, 0.2) is 0 Å².